The van der Waals surface area contributed by atoms with Gasteiger partial charge in [0.05, 0.1) is 5.56 Å². The van der Waals surface area contributed by atoms with Gasteiger partial charge in [-0.25, -0.2) is 4.98 Å². The summed E-state index contributed by atoms with van der Waals surface area (Å²) in [5, 5.41) is 23.9. The van der Waals surface area contributed by atoms with Crippen molar-refractivity contribution in [3.63, 3.8) is 0 Å². The van der Waals surface area contributed by atoms with Gasteiger partial charge in [0.25, 0.3) is 5.56 Å². The van der Waals surface area contributed by atoms with Crippen LogP contribution in [0.25, 0.3) is 17.0 Å². The van der Waals surface area contributed by atoms with E-state index >= 15 is 0 Å². The molecule has 0 aliphatic carbocycles. The average Bonchev–Trinajstić information content (AvgIpc) is 3.29. The van der Waals surface area contributed by atoms with Gasteiger partial charge >= 0.3 is 0 Å². The van der Waals surface area contributed by atoms with E-state index in [0.29, 0.717) is 23.4 Å². The van der Waals surface area contributed by atoms with Crippen LogP contribution in [0.5, 0.6) is 11.5 Å². The minimum atomic E-state index is -0.311. The van der Waals surface area contributed by atoms with E-state index in [4.69, 9.17) is 4.74 Å². The van der Waals surface area contributed by atoms with E-state index in [2.05, 4.69) is 25.6 Å². The Hall–Kier alpha value is -4.08. The number of H-pyrrole nitrogens is 1. The number of carbonyl (C=O) groups is 1. The fraction of sp³-hybridized carbons (Fsp3) is 0.238. The number of pyridine rings is 1. The van der Waals surface area contributed by atoms with Crippen LogP contribution < -0.4 is 10.3 Å². The molecule has 0 atom stereocenters. The van der Waals surface area contributed by atoms with E-state index in [1.165, 1.54) is 17.5 Å². The molecule has 0 saturated heterocycles. The number of benzene rings is 1. The molecule has 0 aliphatic rings. The number of carbonyl (C=O) groups excluding carboxylic acids is 1. The molecular weight excluding hydrogens is 400 g/mol. The van der Waals surface area contributed by atoms with Gasteiger partial charge in [-0.1, -0.05) is 13.3 Å². The molecule has 4 rings (SSSR count). The lowest BCUT2D eigenvalue weighted by Gasteiger charge is -2.15. The maximum atomic E-state index is 12.7. The molecule has 0 fully saturated rings. The number of hydrogen-bond donors (Lipinski definition) is 2. The number of aromatic amines is 1. The van der Waals surface area contributed by atoms with Crippen molar-refractivity contribution in [3.05, 3.63) is 63.7 Å². The van der Waals surface area contributed by atoms with Crippen LogP contribution in [0.2, 0.25) is 0 Å². The summed E-state index contributed by atoms with van der Waals surface area (Å²) in [5.74, 6) is 0.457. The lowest BCUT2D eigenvalue weighted by atomic mass is 10.0. The minimum absolute atomic E-state index is 0.0347. The van der Waals surface area contributed by atoms with E-state index in [1.807, 2.05) is 6.92 Å². The zero-order chi connectivity index (χ0) is 22.0. The van der Waals surface area contributed by atoms with Crippen molar-refractivity contribution in [2.24, 2.45) is 0 Å². The highest BCUT2D eigenvalue weighted by Gasteiger charge is 2.16. The predicted octanol–water partition coefficient (Wildman–Crippen LogP) is 2.31. The van der Waals surface area contributed by atoms with Crippen molar-refractivity contribution < 1.29 is 14.6 Å². The summed E-state index contributed by atoms with van der Waals surface area (Å²) in [4.78, 5) is 28.7. The third kappa shape index (κ3) is 3.87. The minimum Gasteiger partial charge on any atom is -0.507 e. The molecule has 0 amide bonds. The summed E-state index contributed by atoms with van der Waals surface area (Å²) in [5.41, 5.74) is 2.05. The standard InChI is InChI=1S/C21H20N6O4/c1-3-4-15-17(6-5-14(12(2)28)19(15)29)31-11-13-7-8-27-18(9-13)22-10-16(21(27)30)20-23-25-26-24-20/h5-10,29H,3-4,11H2,1-2H3,(H,23,24,25,26). The monoisotopic (exact) mass is 420 g/mol. The first kappa shape index (κ1) is 20.2. The van der Waals surface area contributed by atoms with Crippen LogP contribution in [0.3, 0.4) is 0 Å². The Kier molecular flexibility index (Phi) is 5.44. The quantitative estimate of drug-likeness (QED) is 0.435. The molecule has 31 heavy (non-hydrogen) atoms. The van der Waals surface area contributed by atoms with Crippen LogP contribution >= 0.6 is 0 Å². The number of ketones is 1. The number of phenols is 1. The molecule has 0 bridgehead atoms. The number of hydrogen-bond acceptors (Lipinski definition) is 8. The molecule has 0 unspecified atom stereocenters. The number of nitrogens with zero attached hydrogens (tertiary/aromatic N) is 5. The maximum absolute atomic E-state index is 12.7. The third-order valence-corrected chi connectivity index (χ3v) is 4.87. The molecule has 10 heteroatoms. The summed E-state index contributed by atoms with van der Waals surface area (Å²) in [6.45, 7) is 3.60. The normalized spacial score (nSPS) is 11.0. The van der Waals surface area contributed by atoms with Crippen LogP contribution in [0.4, 0.5) is 0 Å². The first-order valence-corrected chi connectivity index (χ1v) is 9.72. The zero-order valence-corrected chi connectivity index (χ0v) is 17.0. The van der Waals surface area contributed by atoms with Gasteiger partial charge in [0.15, 0.2) is 5.78 Å². The number of Topliss-reactive ketones (excluding diaryl/α,β-unsaturated/α-hetero) is 1. The van der Waals surface area contributed by atoms with Crippen LogP contribution in [0.1, 0.15) is 41.8 Å². The predicted molar refractivity (Wildman–Crippen MR) is 111 cm³/mol. The number of tetrazole rings is 1. The van der Waals surface area contributed by atoms with Crippen LogP contribution in [0.15, 0.2) is 41.5 Å². The van der Waals surface area contributed by atoms with E-state index in [9.17, 15) is 14.7 Å². The van der Waals surface area contributed by atoms with Crippen molar-refractivity contribution in [3.8, 4) is 22.9 Å². The second-order valence-corrected chi connectivity index (χ2v) is 7.01. The smallest absolute Gasteiger partial charge is 0.269 e. The Morgan fingerprint density at radius 3 is 2.84 bits per heavy atom. The molecule has 4 aromatic rings. The fourth-order valence-corrected chi connectivity index (χ4v) is 3.33. The number of aromatic nitrogens is 6. The summed E-state index contributed by atoms with van der Waals surface area (Å²) in [6, 6.07) is 6.75. The van der Waals surface area contributed by atoms with Crippen molar-refractivity contribution in [1.82, 2.24) is 30.0 Å². The van der Waals surface area contributed by atoms with Crippen LogP contribution in [-0.4, -0.2) is 40.9 Å². The lowest BCUT2D eigenvalue weighted by molar-refractivity contribution is 0.101. The lowest BCUT2D eigenvalue weighted by Crippen LogP contribution is -2.17. The Balaban J connectivity index is 1.61. The number of phenolic OH excluding ortho intramolecular Hbond substituents is 1. The second-order valence-electron chi connectivity index (χ2n) is 7.01. The maximum Gasteiger partial charge on any atom is 0.269 e. The van der Waals surface area contributed by atoms with Gasteiger partial charge in [0, 0.05) is 18.0 Å². The Morgan fingerprint density at radius 2 is 2.13 bits per heavy atom. The second kappa shape index (κ2) is 8.34. The molecule has 0 saturated carbocycles. The first-order chi connectivity index (χ1) is 15.0. The number of rotatable bonds is 7. The van der Waals surface area contributed by atoms with Crippen molar-refractivity contribution in [2.45, 2.75) is 33.3 Å². The SMILES string of the molecule is CCCc1c(OCc2ccn3c(=O)c(-c4nn[nH]n4)cnc3c2)ccc(C(C)=O)c1O. The van der Waals surface area contributed by atoms with Gasteiger partial charge in [-0.05, 0) is 48.4 Å². The van der Waals surface area contributed by atoms with Crippen LogP contribution in [-0.2, 0) is 13.0 Å². The molecule has 158 valence electrons. The number of fused-ring (bicyclic) bond motifs is 1. The number of ether oxygens (including phenoxy) is 1. The highest BCUT2D eigenvalue weighted by atomic mass is 16.5. The Morgan fingerprint density at radius 1 is 1.29 bits per heavy atom. The molecule has 0 radical (unpaired) electrons. The van der Waals surface area contributed by atoms with Gasteiger partial charge in [-0.3, -0.25) is 14.0 Å². The van der Waals surface area contributed by atoms with Gasteiger partial charge < -0.3 is 9.84 Å². The summed E-state index contributed by atoms with van der Waals surface area (Å²) < 4.78 is 7.33. The summed E-state index contributed by atoms with van der Waals surface area (Å²) in [7, 11) is 0. The largest absolute Gasteiger partial charge is 0.507 e. The number of nitrogens with one attached hydrogen (secondary N) is 1. The van der Waals surface area contributed by atoms with E-state index in [-0.39, 0.29) is 40.7 Å². The Labute approximate surface area is 176 Å². The first-order valence-electron chi connectivity index (χ1n) is 9.72. The van der Waals surface area contributed by atoms with Crippen molar-refractivity contribution in [1.29, 1.82) is 0 Å². The fourth-order valence-electron chi connectivity index (χ4n) is 3.33. The van der Waals surface area contributed by atoms with E-state index in [0.717, 1.165) is 12.0 Å². The third-order valence-electron chi connectivity index (χ3n) is 4.87. The van der Waals surface area contributed by atoms with Gasteiger partial charge in [-0.2, -0.15) is 5.21 Å². The van der Waals surface area contributed by atoms with E-state index in [1.54, 1.807) is 30.5 Å². The topological polar surface area (TPSA) is 135 Å². The summed E-state index contributed by atoms with van der Waals surface area (Å²) >= 11 is 0. The molecule has 3 heterocycles. The van der Waals surface area contributed by atoms with Crippen molar-refractivity contribution >= 4 is 11.4 Å². The zero-order valence-electron chi connectivity index (χ0n) is 17.0. The molecule has 3 aromatic heterocycles. The molecule has 0 aliphatic heterocycles. The average molecular weight is 420 g/mol. The van der Waals surface area contributed by atoms with Crippen molar-refractivity contribution in [2.75, 3.05) is 0 Å². The Bertz CT molecular complexity index is 1310. The molecule has 10 nitrogen and oxygen atoms in total. The van der Waals surface area contributed by atoms with E-state index < -0.39 is 0 Å². The van der Waals surface area contributed by atoms with Crippen LogP contribution in [0, 0.1) is 0 Å². The highest BCUT2D eigenvalue weighted by Crippen LogP contribution is 2.33. The number of aromatic hydroxyl groups is 1. The summed E-state index contributed by atoms with van der Waals surface area (Å²) in [6.07, 6.45) is 4.38. The molecule has 2 N–H and O–H groups in total. The highest BCUT2D eigenvalue weighted by molar-refractivity contribution is 5.97. The molecule has 0 spiro atoms. The molecule has 1 aromatic carbocycles. The van der Waals surface area contributed by atoms with Gasteiger partial charge in [0.2, 0.25) is 5.82 Å². The van der Waals surface area contributed by atoms with Gasteiger partial charge in [0.1, 0.15) is 29.3 Å². The van der Waals surface area contributed by atoms with Gasteiger partial charge in [-0.15, -0.1) is 10.2 Å². The molecular formula is C21H20N6O4.